The average molecular weight is 261 g/mol. The number of rotatable bonds is 2. The summed E-state index contributed by atoms with van der Waals surface area (Å²) in [4.78, 5) is 14.3. The van der Waals surface area contributed by atoms with Crippen molar-refractivity contribution in [1.29, 1.82) is 0 Å². The van der Waals surface area contributed by atoms with Gasteiger partial charge in [-0.25, -0.2) is 0 Å². The molecular formula is C12H15N5O2. The van der Waals surface area contributed by atoms with Crippen molar-refractivity contribution in [1.82, 2.24) is 24.9 Å². The molecule has 19 heavy (non-hydrogen) atoms. The Morgan fingerprint density at radius 2 is 2.42 bits per heavy atom. The molecule has 1 N–H and O–H groups in total. The maximum Gasteiger partial charge on any atom is 0.275 e. The summed E-state index contributed by atoms with van der Waals surface area (Å²) in [5.74, 6) is -0.0801. The summed E-state index contributed by atoms with van der Waals surface area (Å²) in [6, 6.07) is 3.45. The quantitative estimate of drug-likeness (QED) is 0.846. The SMILES string of the molecule is Cn1ccc(C(=O)N2CCOC[C@@H]2c2ccn[nH]2)n1. The molecule has 0 saturated carbocycles. The third-order valence-electron chi connectivity index (χ3n) is 3.20. The van der Waals surface area contributed by atoms with E-state index in [9.17, 15) is 4.79 Å². The largest absolute Gasteiger partial charge is 0.377 e. The number of nitrogens with one attached hydrogen (secondary N) is 1. The zero-order valence-corrected chi connectivity index (χ0v) is 10.6. The van der Waals surface area contributed by atoms with Crippen molar-refractivity contribution in [2.75, 3.05) is 19.8 Å². The summed E-state index contributed by atoms with van der Waals surface area (Å²) in [6.45, 7) is 1.57. The molecule has 0 unspecified atom stereocenters. The fourth-order valence-corrected chi connectivity index (χ4v) is 2.23. The van der Waals surface area contributed by atoms with Crippen LogP contribution in [0.3, 0.4) is 0 Å². The predicted octanol–water partition coefficient (Wildman–Crippen LogP) is 0.357. The van der Waals surface area contributed by atoms with Crippen molar-refractivity contribution in [2.24, 2.45) is 7.05 Å². The zero-order valence-electron chi connectivity index (χ0n) is 10.6. The van der Waals surface area contributed by atoms with Gasteiger partial charge in [0.05, 0.1) is 24.9 Å². The lowest BCUT2D eigenvalue weighted by Gasteiger charge is -2.34. The van der Waals surface area contributed by atoms with E-state index in [0.29, 0.717) is 25.5 Å². The van der Waals surface area contributed by atoms with Gasteiger partial charge in [0.25, 0.3) is 5.91 Å². The van der Waals surface area contributed by atoms with Gasteiger partial charge in [-0.2, -0.15) is 10.2 Å². The molecule has 2 aromatic rings. The topological polar surface area (TPSA) is 76.0 Å². The van der Waals surface area contributed by atoms with Crippen LogP contribution in [0.5, 0.6) is 0 Å². The summed E-state index contributed by atoms with van der Waals surface area (Å²) >= 11 is 0. The van der Waals surface area contributed by atoms with E-state index in [2.05, 4.69) is 15.3 Å². The molecule has 2 aromatic heterocycles. The Morgan fingerprint density at radius 1 is 1.53 bits per heavy atom. The van der Waals surface area contributed by atoms with Gasteiger partial charge >= 0.3 is 0 Å². The molecule has 0 aromatic carbocycles. The van der Waals surface area contributed by atoms with E-state index in [0.717, 1.165) is 5.69 Å². The van der Waals surface area contributed by atoms with Crippen molar-refractivity contribution in [2.45, 2.75) is 6.04 Å². The van der Waals surface area contributed by atoms with Gasteiger partial charge in [-0.1, -0.05) is 0 Å². The number of aromatic nitrogens is 4. The first-order valence-corrected chi connectivity index (χ1v) is 6.13. The molecule has 3 rings (SSSR count). The predicted molar refractivity (Wildman–Crippen MR) is 66.4 cm³/mol. The van der Waals surface area contributed by atoms with Crippen LogP contribution in [0.1, 0.15) is 22.2 Å². The van der Waals surface area contributed by atoms with Crippen LogP contribution in [-0.2, 0) is 11.8 Å². The molecule has 0 radical (unpaired) electrons. The Morgan fingerprint density at radius 3 is 3.11 bits per heavy atom. The molecule has 7 heteroatoms. The minimum absolute atomic E-state index is 0.0801. The van der Waals surface area contributed by atoms with Gasteiger partial charge in [-0.05, 0) is 12.1 Å². The molecule has 7 nitrogen and oxygen atoms in total. The number of morpholine rings is 1. The van der Waals surface area contributed by atoms with E-state index >= 15 is 0 Å². The van der Waals surface area contributed by atoms with E-state index < -0.39 is 0 Å². The van der Waals surface area contributed by atoms with Gasteiger partial charge in [-0.3, -0.25) is 14.6 Å². The number of ether oxygens (including phenoxy) is 1. The van der Waals surface area contributed by atoms with Crippen LogP contribution in [0.2, 0.25) is 0 Å². The number of carbonyl (C=O) groups is 1. The van der Waals surface area contributed by atoms with Crippen LogP contribution in [0.4, 0.5) is 0 Å². The molecule has 0 bridgehead atoms. The molecule has 1 amide bonds. The first-order valence-electron chi connectivity index (χ1n) is 6.13. The van der Waals surface area contributed by atoms with Crippen LogP contribution >= 0.6 is 0 Å². The molecule has 0 spiro atoms. The zero-order chi connectivity index (χ0) is 13.2. The first kappa shape index (κ1) is 11.9. The number of amides is 1. The standard InChI is InChI=1S/C12H15N5O2/c1-16-5-3-10(15-16)12(18)17-6-7-19-8-11(17)9-2-4-13-14-9/h2-5,11H,6-8H2,1H3,(H,13,14)/t11-/m1/s1. The van der Waals surface area contributed by atoms with Crippen molar-refractivity contribution in [3.05, 3.63) is 35.9 Å². The van der Waals surface area contributed by atoms with Gasteiger partial charge in [0.15, 0.2) is 0 Å². The Hall–Kier alpha value is -2.15. The van der Waals surface area contributed by atoms with Gasteiger partial charge in [0.1, 0.15) is 5.69 Å². The molecular weight excluding hydrogens is 246 g/mol. The maximum atomic E-state index is 12.5. The summed E-state index contributed by atoms with van der Waals surface area (Å²) in [6.07, 6.45) is 3.44. The van der Waals surface area contributed by atoms with E-state index in [1.54, 1.807) is 35.1 Å². The highest BCUT2D eigenvalue weighted by atomic mass is 16.5. The smallest absolute Gasteiger partial charge is 0.275 e. The van der Waals surface area contributed by atoms with Gasteiger partial charge < -0.3 is 9.64 Å². The maximum absolute atomic E-state index is 12.5. The molecule has 1 aliphatic heterocycles. The Labute approximate surface area is 110 Å². The first-order chi connectivity index (χ1) is 9.25. The second kappa shape index (κ2) is 4.85. The van der Waals surface area contributed by atoms with Crippen molar-refractivity contribution >= 4 is 5.91 Å². The number of H-pyrrole nitrogens is 1. The summed E-state index contributed by atoms with van der Waals surface area (Å²) < 4.78 is 7.08. The monoisotopic (exact) mass is 261 g/mol. The minimum atomic E-state index is -0.134. The normalized spacial score (nSPS) is 19.6. The second-order valence-corrected chi connectivity index (χ2v) is 4.48. The highest BCUT2D eigenvalue weighted by molar-refractivity contribution is 5.92. The van der Waals surface area contributed by atoms with Crippen LogP contribution in [-0.4, -0.2) is 50.5 Å². The molecule has 1 fully saturated rings. The number of aromatic amines is 1. The lowest BCUT2D eigenvalue weighted by molar-refractivity contribution is -0.00425. The lowest BCUT2D eigenvalue weighted by atomic mass is 10.1. The fourth-order valence-electron chi connectivity index (χ4n) is 2.23. The number of hydrogen-bond donors (Lipinski definition) is 1. The molecule has 0 aliphatic carbocycles. The van der Waals surface area contributed by atoms with Crippen LogP contribution in [0, 0.1) is 0 Å². The van der Waals surface area contributed by atoms with Gasteiger partial charge in [0, 0.05) is 26.0 Å². The van der Waals surface area contributed by atoms with Crippen LogP contribution < -0.4 is 0 Å². The van der Waals surface area contributed by atoms with E-state index in [1.807, 2.05) is 6.07 Å². The van der Waals surface area contributed by atoms with E-state index in [1.165, 1.54) is 0 Å². The second-order valence-electron chi connectivity index (χ2n) is 4.48. The molecule has 1 saturated heterocycles. The number of aryl methyl sites for hydroxylation is 1. The minimum Gasteiger partial charge on any atom is -0.377 e. The molecule has 100 valence electrons. The summed E-state index contributed by atoms with van der Waals surface area (Å²) in [5.41, 5.74) is 1.33. The highest BCUT2D eigenvalue weighted by Crippen LogP contribution is 2.23. The Balaban J connectivity index is 1.86. The molecule has 3 heterocycles. The van der Waals surface area contributed by atoms with E-state index in [-0.39, 0.29) is 11.9 Å². The van der Waals surface area contributed by atoms with Crippen molar-refractivity contribution in [3.63, 3.8) is 0 Å². The Kier molecular flexibility index (Phi) is 3.04. The third-order valence-corrected chi connectivity index (χ3v) is 3.20. The number of hydrogen-bond acceptors (Lipinski definition) is 4. The Bertz CT molecular complexity index is 562. The summed E-state index contributed by atoms with van der Waals surface area (Å²) in [5, 5.41) is 11.0. The third kappa shape index (κ3) is 2.24. The summed E-state index contributed by atoms with van der Waals surface area (Å²) in [7, 11) is 1.79. The lowest BCUT2D eigenvalue weighted by Crippen LogP contribution is -2.43. The average Bonchev–Trinajstić information content (AvgIpc) is 3.09. The fraction of sp³-hybridized carbons (Fsp3) is 0.417. The molecule has 1 aliphatic rings. The molecule has 1 atom stereocenters. The van der Waals surface area contributed by atoms with Gasteiger partial charge in [-0.15, -0.1) is 0 Å². The van der Waals surface area contributed by atoms with Gasteiger partial charge in [0.2, 0.25) is 0 Å². The number of carbonyl (C=O) groups excluding carboxylic acids is 1. The van der Waals surface area contributed by atoms with Crippen LogP contribution in [0.25, 0.3) is 0 Å². The van der Waals surface area contributed by atoms with Crippen molar-refractivity contribution in [3.8, 4) is 0 Å². The number of nitrogens with zero attached hydrogens (tertiary/aromatic N) is 4. The van der Waals surface area contributed by atoms with E-state index in [4.69, 9.17) is 4.74 Å². The van der Waals surface area contributed by atoms with Crippen LogP contribution in [0.15, 0.2) is 24.5 Å². The highest BCUT2D eigenvalue weighted by Gasteiger charge is 2.31. The van der Waals surface area contributed by atoms with Crippen molar-refractivity contribution < 1.29 is 9.53 Å².